The number of rotatable bonds is 7. The predicted molar refractivity (Wildman–Crippen MR) is 81.0 cm³/mol. The second-order valence-electron chi connectivity index (χ2n) is 5.54. The van der Waals surface area contributed by atoms with Gasteiger partial charge < -0.3 is 10.4 Å². The van der Waals surface area contributed by atoms with Gasteiger partial charge in [-0.1, -0.05) is 41.9 Å². The molecule has 0 spiro atoms. The van der Waals surface area contributed by atoms with Crippen LogP contribution in [0.4, 0.5) is 0 Å². The Hall–Kier alpha value is -0.870. The van der Waals surface area contributed by atoms with Crippen molar-refractivity contribution in [3.8, 4) is 0 Å². The van der Waals surface area contributed by atoms with E-state index in [0.29, 0.717) is 19.4 Å². The van der Waals surface area contributed by atoms with Crippen molar-refractivity contribution in [3.05, 3.63) is 34.3 Å². The molecule has 1 amide bonds. The summed E-state index contributed by atoms with van der Waals surface area (Å²) in [6, 6.07) is 8.01. The summed E-state index contributed by atoms with van der Waals surface area (Å²) in [4.78, 5) is 11.8. The van der Waals surface area contributed by atoms with Gasteiger partial charge in [0.1, 0.15) is 0 Å². The molecule has 0 bridgehead atoms. The molecule has 0 atom stereocenters. The van der Waals surface area contributed by atoms with Crippen LogP contribution in [0, 0.1) is 5.41 Å². The molecule has 3 nitrogen and oxygen atoms in total. The van der Waals surface area contributed by atoms with Crippen LogP contribution < -0.4 is 5.32 Å². The fraction of sp³-hybridized carbons (Fsp3) is 0.533. The second-order valence-corrected chi connectivity index (χ2v) is 6.46. The summed E-state index contributed by atoms with van der Waals surface area (Å²) in [7, 11) is 0. The molecule has 0 saturated carbocycles. The van der Waals surface area contributed by atoms with Gasteiger partial charge in [0.05, 0.1) is 0 Å². The number of halogens is 1. The SMILES string of the molecule is CC(C)(CCO)CNC(=O)CCc1ccc(Br)cc1. The van der Waals surface area contributed by atoms with Gasteiger partial charge in [-0.2, -0.15) is 0 Å². The lowest BCUT2D eigenvalue weighted by Crippen LogP contribution is -2.34. The van der Waals surface area contributed by atoms with Crippen LogP contribution in [0.25, 0.3) is 0 Å². The molecule has 0 unspecified atom stereocenters. The fourth-order valence-electron chi connectivity index (χ4n) is 1.73. The highest BCUT2D eigenvalue weighted by Gasteiger charge is 2.17. The lowest BCUT2D eigenvalue weighted by atomic mass is 9.90. The van der Waals surface area contributed by atoms with E-state index in [1.807, 2.05) is 38.1 Å². The van der Waals surface area contributed by atoms with E-state index in [-0.39, 0.29) is 17.9 Å². The molecule has 1 rings (SSSR count). The van der Waals surface area contributed by atoms with Crippen LogP contribution in [0.5, 0.6) is 0 Å². The molecule has 1 aromatic rings. The Kier molecular flexibility index (Phi) is 6.52. The molecule has 2 N–H and O–H groups in total. The molecule has 0 aliphatic heterocycles. The molecule has 0 saturated heterocycles. The maximum absolute atomic E-state index is 11.8. The largest absolute Gasteiger partial charge is 0.396 e. The quantitative estimate of drug-likeness (QED) is 0.809. The Labute approximate surface area is 123 Å². The topological polar surface area (TPSA) is 49.3 Å². The van der Waals surface area contributed by atoms with Gasteiger partial charge in [0, 0.05) is 24.0 Å². The average molecular weight is 328 g/mol. The predicted octanol–water partition coefficient (Wildman–Crippen LogP) is 2.91. The van der Waals surface area contributed by atoms with Crippen molar-refractivity contribution in [2.75, 3.05) is 13.2 Å². The standard InChI is InChI=1S/C15H22BrNO2/c1-15(2,9-10-18)11-17-14(19)8-5-12-3-6-13(16)7-4-12/h3-4,6-7,18H,5,8-11H2,1-2H3,(H,17,19). The Morgan fingerprint density at radius 1 is 1.32 bits per heavy atom. The zero-order valence-electron chi connectivity index (χ0n) is 11.6. The minimum atomic E-state index is -0.0536. The monoisotopic (exact) mass is 327 g/mol. The maximum atomic E-state index is 11.8. The molecule has 0 aliphatic rings. The van der Waals surface area contributed by atoms with Gasteiger partial charge in [-0.15, -0.1) is 0 Å². The molecule has 1 aromatic carbocycles. The average Bonchev–Trinajstić information content (AvgIpc) is 2.36. The smallest absolute Gasteiger partial charge is 0.220 e. The Morgan fingerprint density at radius 2 is 1.95 bits per heavy atom. The molecular formula is C15H22BrNO2. The summed E-state index contributed by atoms with van der Waals surface area (Å²) in [5.74, 6) is 0.0638. The number of aliphatic hydroxyl groups excluding tert-OH is 1. The normalized spacial score (nSPS) is 11.4. The van der Waals surface area contributed by atoms with Crippen LogP contribution in [-0.2, 0) is 11.2 Å². The number of carbonyl (C=O) groups excluding carboxylic acids is 1. The molecule has 19 heavy (non-hydrogen) atoms. The van der Waals surface area contributed by atoms with Crippen LogP contribution in [0.3, 0.4) is 0 Å². The second kappa shape index (κ2) is 7.65. The number of benzene rings is 1. The van der Waals surface area contributed by atoms with Crippen LogP contribution in [0.15, 0.2) is 28.7 Å². The van der Waals surface area contributed by atoms with Crippen molar-refractivity contribution >= 4 is 21.8 Å². The van der Waals surface area contributed by atoms with Gasteiger partial charge >= 0.3 is 0 Å². The van der Waals surface area contributed by atoms with Gasteiger partial charge in [-0.05, 0) is 36.0 Å². The van der Waals surface area contributed by atoms with Crippen molar-refractivity contribution in [1.29, 1.82) is 0 Å². The summed E-state index contributed by atoms with van der Waals surface area (Å²) >= 11 is 3.39. The maximum Gasteiger partial charge on any atom is 0.220 e. The number of amides is 1. The van der Waals surface area contributed by atoms with Crippen molar-refractivity contribution in [3.63, 3.8) is 0 Å². The number of aryl methyl sites for hydroxylation is 1. The van der Waals surface area contributed by atoms with Gasteiger partial charge in [0.2, 0.25) is 5.91 Å². The van der Waals surface area contributed by atoms with Crippen LogP contribution in [0.1, 0.15) is 32.3 Å². The molecule has 4 heteroatoms. The third-order valence-electron chi connectivity index (χ3n) is 3.11. The highest BCUT2D eigenvalue weighted by Crippen LogP contribution is 2.18. The van der Waals surface area contributed by atoms with Crippen molar-refractivity contribution in [2.24, 2.45) is 5.41 Å². The highest BCUT2D eigenvalue weighted by molar-refractivity contribution is 9.10. The van der Waals surface area contributed by atoms with Gasteiger partial charge in [-0.3, -0.25) is 4.79 Å². The van der Waals surface area contributed by atoms with E-state index >= 15 is 0 Å². The third-order valence-corrected chi connectivity index (χ3v) is 3.64. The fourth-order valence-corrected chi connectivity index (χ4v) is 1.99. The molecule has 0 radical (unpaired) electrons. The van der Waals surface area contributed by atoms with Gasteiger partial charge in [0.25, 0.3) is 0 Å². The van der Waals surface area contributed by atoms with Crippen LogP contribution in [-0.4, -0.2) is 24.2 Å². The molecule has 106 valence electrons. The van der Waals surface area contributed by atoms with Crippen LogP contribution in [0.2, 0.25) is 0 Å². The molecule has 0 aliphatic carbocycles. The van der Waals surface area contributed by atoms with E-state index in [1.165, 1.54) is 0 Å². The molecule has 0 heterocycles. The number of hydrogen-bond donors (Lipinski definition) is 2. The molecule has 0 aromatic heterocycles. The first-order valence-corrected chi connectivity index (χ1v) is 7.34. The lowest BCUT2D eigenvalue weighted by molar-refractivity contribution is -0.121. The van der Waals surface area contributed by atoms with Crippen molar-refractivity contribution < 1.29 is 9.90 Å². The Bertz CT molecular complexity index is 401. The lowest BCUT2D eigenvalue weighted by Gasteiger charge is -2.23. The Morgan fingerprint density at radius 3 is 2.53 bits per heavy atom. The third kappa shape index (κ3) is 6.73. The van der Waals surface area contributed by atoms with Gasteiger partial charge in [-0.25, -0.2) is 0 Å². The Balaban J connectivity index is 2.30. The van der Waals surface area contributed by atoms with E-state index < -0.39 is 0 Å². The summed E-state index contributed by atoms with van der Waals surface area (Å²) in [6.45, 7) is 4.84. The van der Waals surface area contributed by atoms with Gasteiger partial charge in [0.15, 0.2) is 0 Å². The summed E-state index contributed by atoms with van der Waals surface area (Å²) in [5.41, 5.74) is 1.11. The van der Waals surface area contributed by atoms with E-state index in [1.54, 1.807) is 0 Å². The number of aliphatic hydroxyl groups is 1. The first-order chi connectivity index (χ1) is 8.93. The zero-order valence-corrected chi connectivity index (χ0v) is 13.2. The van der Waals surface area contributed by atoms with E-state index in [9.17, 15) is 4.79 Å². The minimum absolute atomic E-state index is 0.0536. The van der Waals surface area contributed by atoms with E-state index in [4.69, 9.17) is 5.11 Å². The number of nitrogens with one attached hydrogen (secondary N) is 1. The number of hydrogen-bond acceptors (Lipinski definition) is 2. The number of carbonyl (C=O) groups is 1. The summed E-state index contributed by atoms with van der Waals surface area (Å²) in [5, 5.41) is 11.9. The van der Waals surface area contributed by atoms with E-state index in [0.717, 1.165) is 16.5 Å². The first kappa shape index (κ1) is 16.2. The molecular weight excluding hydrogens is 306 g/mol. The first-order valence-electron chi connectivity index (χ1n) is 6.55. The zero-order chi connectivity index (χ0) is 14.3. The summed E-state index contributed by atoms with van der Waals surface area (Å²) in [6.07, 6.45) is 1.94. The molecule has 0 fully saturated rings. The van der Waals surface area contributed by atoms with Crippen LogP contribution >= 0.6 is 15.9 Å². The highest BCUT2D eigenvalue weighted by atomic mass is 79.9. The van der Waals surface area contributed by atoms with Crippen molar-refractivity contribution in [2.45, 2.75) is 33.1 Å². The van der Waals surface area contributed by atoms with Crippen molar-refractivity contribution in [1.82, 2.24) is 5.32 Å². The van der Waals surface area contributed by atoms with E-state index in [2.05, 4.69) is 21.2 Å². The minimum Gasteiger partial charge on any atom is -0.396 e. The summed E-state index contributed by atoms with van der Waals surface area (Å²) < 4.78 is 1.05.